The number of aromatic nitrogens is 4. The Bertz CT molecular complexity index is 2550. The molecule has 0 saturated heterocycles. The van der Waals surface area contributed by atoms with Crippen LogP contribution in [0, 0.1) is 0 Å². The van der Waals surface area contributed by atoms with Gasteiger partial charge in [-0.2, -0.15) is 0 Å². The monoisotopic (exact) mass is 638 g/mol. The molecule has 0 N–H and O–H groups in total. The lowest BCUT2D eigenvalue weighted by atomic mass is 9.92. The van der Waals surface area contributed by atoms with Crippen LogP contribution < -0.4 is 0 Å². The van der Waals surface area contributed by atoms with Gasteiger partial charge in [-0.3, -0.25) is 9.97 Å². The average Bonchev–Trinajstić information content (AvgIpc) is 3.21. The molecule has 50 heavy (non-hydrogen) atoms. The number of pyridine rings is 4. The summed E-state index contributed by atoms with van der Waals surface area (Å²) in [6.45, 7) is 0. The summed E-state index contributed by atoms with van der Waals surface area (Å²) in [5.74, 6) is 0. The molecule has 4 heterocycles. The first kappa shape index (κ1) is 29.4. The summed E-state index contributed by atoms with van der Waals surface area (Å²) in [6.07, 6.45) is 3.59. The highest BCUT2D eigenvalue weighted by Crippen LogP contribution is 2.40. The number of hydrogen-bond acceptors (Lipinski definition) is 4. The van der Waals surface area contributed by atoms with Crippen LogP contribution in [0.5, 0.6) is 0 Å². The van der Waals surface area contributed by atoms with E-state index in [2.05, 4.69) is 143 Å². The van der Waals surface area contributed by atoms with E-state index in [-0.39, 0.29) is 0 Å². The lowest BCUT2D eigenvalue weighted by molar-refractivity contribution is 1.22. The number of nitrogens with zero attached hydrogens (tertiary/aromatic N) is 4. The summed E-state index contributed by atoms with van der Waals surface area (Å²) in [7, 11) is 0. The standard InChI is InChI=1S/C46H30N4/c1-3-12-33(13-4-1)37-16-11-17-39-45(37)38-25-24-35(28-42(38)50-46(39)34-14-5-2-6-15-34)31-20-22-32(23-21-31)36-29-43(40-18-7-9-26-47-40)49-44(30-36)41-19-8-10-27-48-41/h1-30H. The molecule has 0 radical (unpaired) electrons. The predicted octanol–water partition coefficient (Wildman–Crippen LogP) is 11.6. The third kappa shape index (κ3) is 5.49. The van der Waals surface area contributed by atoms with E-state index in [1.54, 1.807) is 12.4 Å². The van der Waals surface area contributed by atoms with E-state index in [0.717, 1.165) is 72.6 Å². The molecule has 234 valence electrons. The topological polar surface area (TPSA) is 51.6 Å². The minimum Gasteiger partial charge on any atom is -0.255 e. The summed E-state index contributed by atoms with van der Waals surface area (Å²) >= 11 is 0. The molecule has 4 aromatic heterocycles. The van der Waals surface area contributed by atoms with Crippen LogP contribution in [0.4, 0.5) is 0 Å². The van der Waals surface area contributed by atoms with Crippen LogP contribution in [0.1, 0.15) is 0 Å². The molecule has 0 bridgehead atoms. The maximum atomic E-state index is 5.32. The first-order valence-electron chi connectivity index (χ1n) is 16.7. The van der Waals surface area contributed by atoms with Gasteiger partial charge >= 0.3 is 0 Å². The number of rotatable bonds is 6. The Hall–Kier alpha value is -6.78. The maximum Gasteiger partial charge on any atom is 0.0900 e. The van der Waals surface area contributed by atoms with Crippen molar-refractivity contribution in [2.45, 2.75) is 0 Å². The van der Waals surface area contributed by atoms with Crippen molar-refractivity contribution in [1.82, 2.24) is 19.9 Å². The van der Waals surface area contributed by atoms with Gasteiger partial charge in [-0.05, 0) is 75.8 Å². The molecule has 0 aliphatic rings. The second-order valence-corrected chi connectivity index (χ2v) is 12.3. The van der Waals surface area contributed by atoms with E-state index in [4.69, 9.17) is 9.97 Å². The third-order valence-corrected chi connectivity index (χ3v) is 9.18. The highest BCUT2D eigenvalue weighted by atomic mass is 14.8. The summed E-state index contributed by atoms with van der Waals surface area (Å²) in [5, 5.41) is 3.50. The minimum atomic E-state index is 0.810. The maximum absolute atomic E-state index is 5.32. The van der Waals surface area contributed by atoms with Crippen LogP contribution in [-0.2, 0) is 0 Å². The Labute approximate surface area is 290 Å². The quantitative estimate of drug-likeness (QED) is 0.170. The van der Waals surface area contributed by atoms with Gasteiger partial charge in [-0.1, -0.05) is 127 Å². The van der Waals surface area contributed by atoms with E-state index in [1.807, 2.05) is 36.4 Å². The molecule has 0 fully saturated rings. The van der Waals surface area contributed by atoms with Gasteiger partial charge in [0.1, 0.15) is 0 Å². The Kier molecular flexibility index (Phi) is 7.45. The molecule has 9 rings (SSSR count). The summed E-state index contributed by atoms with van der Waals surface area (Å²) in [6, 6.07) is 59.0. The van der Waals surface area contributed by atoms with Crippen LogP contribution in [0.25, 0.3) is 89.1 Å². The van der Waals surface area contributed by atoms with Crippen molar-refractivity contribution in [1.29, 1.82) is 0 Å². The van der Waals surface area contributed by atoms with Gasteiger partial charge in [-0.15, -0.1) is 0 Å². The smallest absolute Gasteiger partial charge is 0.0900 e. The van der Waals surface area contributed by atoms with E-state index < -0.39 is 0 Å². The first-order valence-corrected chi connectivity index (χ1v) is 16.7. The molecule has 4 nitrogen and oxygen atoms in total. The molecule has 0 aliphatic carbocycles. The Morgan fingerprint density at radius 3 is 1.52 bits per heavy atom. The van der Waals surface area contributed by atoms with Gasteiger partial charge in [0, 0.05) is 34.1 Å². The largest absolute Gasteiger partial charge is 0.255 e. The fourth-order valence-electron chi connectivity index (χ4n) is 6.75. The number of hydrogen-bond donors (Lipinski definition) is 0. The Morgan fingerprint density at radius 2 is 0.900 bits per heavy atom. The van der Waals surface area contributed by atoms with Gasteiger partial charge < -0.3 is 0 Å². The van der Waals surface area contributed by atoms with Crippen molar-refractivity contribution in [3.63, 3.8) is 0 Å². The highest BCUT2D eigenvalue weighted by Gasteiger charge is 2.16. The second-order valence-electron chi connectivity index (χ2n) is 12.3. The van der Waals surface area contributed by atoms with Crippen LogP contribution in [0.15, 0.2) is 182 Å². The fraction of sp³-hybridized carbons (Fsp3) is 0. The van der Waals surface area contributed by atoms with Gasteiger partial charge in [0.25, 0.3) is 0 Å². The summed E-state index contributed by atoms with van der Waals surface area (Å²) < 4.78 is 0. The third-order valence-electron chi connectivity index (χ3n) is 9.18. The normalized spacial score (nSPS) is 11.2. The molecule has 0 amide bonds. The van der Waals surface area contributed by atoms with Crippen LogP contribution in [-0.4, -0.2) is 19.9 Å². The van der Waals surface area contributed by atoms with Crippen molar-refractivity contribution >= 4 is 21.7 Å². The highest BCUT2D eigenvalue weighted by molar-refractivity contribution is 6.17. The Balaban J connectivity index is 1.16. The fourth-order valence-corrected chi connectivity index (χ4v) is 6.75. The van der Waals surface area contributed by atoms with Crippen molar-refractivity contribution < 1.29 is 0 Å². The minimum absolute atomic E-state index is 0.810. The molecule has 0 unspecified atom stereocenters. The van der Waals surface area contributed by atoms with Gasteiger partial charge in [0.15, 0.2) is 0 Å². The van der Waals surface area contributed by atoms with E-state index in [1.165, 1.54) is 16.5 Å². The lowest BCUT2D eigenvalue weighted by Crippen LogP contribution is -1.94. The van der Waals surface area contributed by atoms with Gasteiger partial charge in [0.2, 0.25) is 0 Å². The zero-order chi connectivity index (χ0) is 33.3. The van der Waals surface area contributed by atoms with Crippen molar-refractivity contribution in [2.75, 3.05) is 0 Å². The molecule has 0 spiro atoms. The van der Waals surface area contributed by atoms with Crippen LogP contribution in [0.2, 0.25) is 0 Å². The average molecular weight is 639 g/mol. The molecular weight excluding hydrogens is 609 g/mol. The zero-order valence-corrected chi connectivity index (χ0v) is 27.1. The van der Waals surface area contributed by atoms with Crippen molar-refractivity contribution in [3.05, 3.63) is 182 Å². The Morgan fingerprint density at radius 1 is 0.320 bits per heavy atom. The van der Waals surface area contributed by atoms with Crippen LogP contribution >= 0.6 is 0 Å². The molecule has 0 atom stereocenters. The first-order chi connectivity index (χ1) is 24.8. The van der Waals surface area contributed by atoms with E-state index >= 15 is 0 Å². The number of benzene rings is 5. The summed E-state index contributed by atoms with van der Waals surface area (Å²) in [4.78, 5) is 19.4. The van der Waals surface area contributed by atoms with Gasteiger partial charge in [-0.25, -0.2) is 9.97 Å². The molecule has 9 aromatic rings. The van der Waals surface area contributed by atoms with Crippen LogP contribution in [0.3, 0.4) is 0 Å². The van der Waals surface area contributed by atoms with Crippen molar-refractivity contribution in [2.24, 2.45) is 0 Å². The van der Waals surface area contributed by atoms with E-state index in [9.17, 15) is 0 Å². The second kappa shape index (κ2) is 12.7. The molecule has 4 heteroatoms. The molecule has 0 aliphatic heterocycles. The van der Waals surface area contributed by atoms with Gasteiger partial charge in [0.05, 0.1) is 34.0 Å². The van der Waals surface area contributed by atoms with Crippen molar-refractivity contribution in [3.8, 4) is 67.4 Å². The zero-order valence-electron chi connectivity index (χ0n) is 27.1. The molecule has 0 saturated carbocycles. The molecule has 5 aromatic carbocycles. The lowest BCUT2D eigenvalue weighted by Gasteiger charge is -2.15. The predicted molar refractivity (Wildman–Crippen MR) is 205 cm³/mol. The van der Waals surface area contributed by atoms with E-state index in [0.29, 0.717) is 0 Å². The summed E-state index contributed by atoms with van der Waals surface area (Å²) in [5.41, 5.74) is 13.1. The SMILES string of the molecule is c1ccc(-c2nc3cc(-c4ccc(-c5cc(-c6ccccn6)nc(-c6ccccn6)c5)cc4)ccc3c3c(-c4ccccc4)cccc23)cc1. The number of fused-ring (bicyclic) bond motifs is 3. The molecular formula is C46H30N4.